The van der Waals surface area contributed by atoms with Gasteiger partial charge >= 0.3 is 0 Å². The summed E-state index contributed by atoms with van der Waals surface area (Å²) in [6, 6.07) is 4.50. The molecule has 4 nitrogen and oxygen atoms in total. The van der Waals surface area contributed by atoms with E-state index in [2.05, 4.69) is 10.2 Å². The topological polar surface area (TPSA) is 50.9 Å². The van der Waals surface area contributed by atoms with Gasteiger partial charge in [-0.1, -0.05) is 25.4 Å². The van der Waals surface area contributed by atoms with Gasteiger partial charge in [0.15, 0.2) is 11.6 Å². The van der Waals surface area contributed by atoms with E-state index >= 15 is 0 Å². The zero-order valence-electron chi connectivity index (χ0n) is 10.8. The fourth-order valence-corrected chi connectivity index (χ4v) is 1.98. The van der Waals surface area contributed by atoms with Crippen molar-refractivity contribution < 1.29 is 9.50 Å². The second-order valence-corrected chi connectivity index (χ2v) is 5.14. The van der Waals surface area contributed by atoms with Gasteiger partial charge in [-0.05, 0) is 24.1 Å². The number of aliphatic hydroxyl groups excluding tert-OH is 1. The van der Waals surface area contributed by atoms with Gasteiger partial charge in [0.1, 0.15) is 12.4 Å². The molecule has 1 heterocycles. The molecule has 0 unspecified atom stereocenters. The lowest BCUT2D eigenvalue weighted by molar-refractivity contribution is 0.262. The Morgan fingerprint density at radius 2 is 2.11 bits per heavy atom. The highest BCUT2D eigenvalue weighted by atomic mass is 35.5. The van der Waals surface area contributed by atoms with E-state index in [0.29, 0.717) is 29.7 Å². The minimum absolute atomic E-state index is 0.0704. The summed E-state index contributed by atoms with van der Waals surface area (Å²) in [4.78, 5) is 0. The number of rotatable bonds is 4. The molecule has 0 spiro atoms. The van der Waals surface area contributed by atoms with Gasteiger partial charge < -0.3 is 9.67 Å². The fourth-order valence-electron chi connectivity index (χ4n) is 1.86. The Kier molecular flexibility index (Phi) is 4.17. The van der Waals surface area contributed by atoms with Crippen LogP contribution in [-0.4, -0.2) is 19.9 Å². The molecule has 0 bridgehead atoms. The Labute approximate surface area is 115 Å². The van der Waals surface area contributed by atoms with Crippen LogP contribution in [0.5, 0.6) is 0 Å². The Balaban J connectivity index is 2.48. The minimum Gasteiger partial charge on any atom is -0.388 e. The van der Waals surface area contributed by atoms with Gasteiger partial charge in [0.2, 0.25) is 0 Å². The van der Waals surface area contributed by atoms with Gasteiger partial charge in [-0.15, -0.1) is 10.2 Å². The van der Waals surface area contributed by atoms with Crippen molar-refractivity contribution in [3.05, 3.63) is 34.9 Å². The van der Waals surface area contributed by atoms with E-state index in [1.54, 1.807) is 10.6 Å². The molecule has 1 aromatic carbocycles. The third-order valence-corrected chi connectivity index (χ3v) is 3.00. The number of aromatic nitrogens is 3. The van der Waals surface area contributed by atoms with Crippen molar-refractivity contribution in [2.45, 2.75) is 27.0 Å². The van der Waals surface area contributed by atoms with Gasteiger partial charge in [0.05, 0.1) is 5.02 Å². The van der Waals surface area contributed by atoms with Crippen molar-refractivity contribution in [3.63, 3.8) is 0 Å². The Hall–Kier alpha value is -1.46. The molecule has 0 radical (unpaired) electrons. The summed E-state index contributed by atoms with van der Waals surface area (Å²) in [6.07, 6.45) is 0. The molecule has 0 aliphatic heterocycles. The molecule has 102 valence electrons. The van der Waals surface area contributed by atoms with Crippen LogP contribution in [0.25, 0.3) is 11.4 Å². The molecule has 0 saturated heterocycles. The van der Waals surface area contributed by atoms with Crippen LogP contribution in [-0.2, 0) is 13.2 Å². The SMILES string of the molecule is CC(C)Cn1c(CO)nnc1-c1ccc(Cl)c(F)c1. The van der Waals surface area contributed by atoms with Crippen molar-refractivity contribution in [1.82, 2.24) is 14.8 Å². The number of halogens is 2. The summed E-state index contributed by atoms with van der Waals surface area (Å²) in [6.45, 7) is 4.55. The first-order chi connectivity index (χ1) is 9.02. The van der Waals surface area contributed by atoms with Crippen molar-refractivity contribution in [2.24, 2.45) is 5.92 Å². The van der Waals surface area contributed by atoms with Gasteiger partial charge in [-0.2, -0.15) is 0 Å². The van der Waals surface area contributed by atoms with Crippen LogP contribution in [0.3, 0.4) is 0 Å². The molecule has 0 aliphatic rings. The molecular formula is C13H15ClFN3O. The van der Waals surface area contributed by atoms with E-state index in [0.717, 1.165) is 0 Å². The predicted octanol–water partition coefficient (Wildman–Crippen LogP) is 2.89. The van der Waals surface area contributed by atoms with E-state index in [1.807, 2.05) is 13.8 Å². The molecule has 2 rings (SSSR count). The molecule has 0 atom stereocenters. The monoisotopic (exact) mass is 283 g/mol. The van der Waals surface area contributed by atoms with Crippen LogP contribution in [0.4, 0.5) is 4.39 Å². The summed E-state index contributed by atoms with van der Waals surface area (Å²) in [5.74, 6) is 0.869. The molecule has 2 aromatic rings. The predicted molar refractivity (Wildman–Crippen MR) is 71.2 cm³/mol. The molecule has 1 N–H and O–H groups in total. The van der Waals surface area contributed by atoms with Gasteiger partial charge in [0.25, 0.3) is 0 Å². The Morgan fingerprint density at radius 1 is 1.37 bits per heavy atom. The van der Waals surface area contributed by atoms with Crippen LogP contribution >= 0.6 is 11.6 Å². The van der Waals surface area contributed by atoms with Crippen LogP contribution in [0, 0.1) is 11.7 Å². The van der Waals surface area contributed by atoms with E-state index in [1.165, 1.54) is 12.1 Å². The third-order valence-electron chi connectivity index (χ3n) is 2.69. The van der Waals surface area contributed by atoms with Crippen LogP contribution < -0.4 is 0 Å². The maximum Gasteiger partial charge on any atom is 0.164 e. The van der Waals surface area contributed by atoms with E-state index < -0.39 is 5.82 Å². The maximum absolute atomic E-state index is 13.5. The van der Waals surface area contributed by atoms with Crippen molar-refractivity contribution in [3.8, 4) is 11.4 Å². The summed E-state index contributed by atoms with van der Waals surface area (Å²) < 4.78 is 15.3. The highest BCUT2D eigenvalue weighted by Gasteiger charge is 2.15. The number of hydrogen-bond donors (Lipinski definition) is 1. The zero-order chi connectivity index (χ0) is 14.0. The van der Waals surface area contributed by atoms with Crippen LogP contribution in [0.15, 0.2) is 18.2 Å². The summed E-state index contributed by atoms with van der Waals surface area (Å²) in [5, 5.41) is 17.3. The normalized spacial score (nSPS) is 11.3. The smallest absolute Gasteiger partial charge is 0.164 e. The standard InChI is InChI=1S/C13H15ClFN3O/c1-8(2)6-18-12(7-19)16-17-13(18)9-3-4-10(14)11(15)5-9/h3-5,8,19H,6-7H2,1-2H3. The number of nitrogens with zero attached hydrogens (tertiary/aromatic N) is 3. The second kappa shape index (κ2) is 5.67. The van der Waals surface area contributed by atoms with Crippen LogP contribution in [0.1, 0.15) is 19.7 Å². The summed E-state index contributed by atoms with van der Waals surface area (Å²) in [7, 11) is 0. The van der Waals surface area contributed by atoms with E-state index in [9.17, 15) is 9.50 Å². The highest BCUT2D eigenvalue weighted by molar-refractivity contribution is 6.30. The molecule has 0 amide bonds. The van der Waals surface area contributed by atoms with Gasteiger partial charge in [-0.3, -0.25) is 0 Å². The molecule has 0 saturated carbocycles. The number of hydrogen-bond acceptors (Lipinski definition) is 3. The average molecular weight is 284 g/mol. The molecule has 0 aliphatic carbocycles. The lowest BCUT2D eigenvalue weighted by Gasteiger charge is -2.12. The largest absolute Gasteiger partial charge is 0.388 e. The molecular weight excluding hydrogens is 269 g/mol. The van der Waals surface area contributed by atoms with Crippen molar-refractivity contribution in [2.75, 3.05) is 0 Å². The Bertz CT molecular complexity index is 583. The first kappa shape index (κ1) is 14.0. The van der Waals surface area contributed by atoms with Gasteiger partial charge in [-0.25, -0.2) is 4.39 Å². The fraction of sp³-hybridized carbons (Fsp3) is 0.385. The lowest BCUT2D eigenvalue weighted by atomic mass is 10.2. The zero-order valence-corrected chi connectivity index (χ0v) is 11.5. The average Bonchev–Trinajstić information content (AvgIpc) is 2.75. The molecule has 0 fully saturated rings. The quantitative estimate of drug-likeness (QED) is 0.939. The summed E-state index contributed by atoms with van der Waals surface area (Å²) in [5.41, 5.74) is 0.592. The Morgan fingerprint density at radius 3 is 2.68 bits per heavy atom. The highest BCUT2D eigenvalue weighted by Crippen LogP contribution is 2.24. The molecule has 19 heavy (non-hydrogen) atoms. The molecule has 6 heteroatoms. The van der Waals surface area contributed by atoms with E-state index in [4.69, 9.17) is 11.6 Å². The third kappa shape index (κ3) is 2.93. The first-order valence-corrected chi connectivity index (χ1v) is 6.39. The maximum atomic E-state index is 13.5. The summed E-state index contributed by atoms with van der Waals surface area (Å²) >= 11 is 5.67. The molecule has 1 aromatic heterocycles. The second-order valence-electron chi connectivity index (χ2n) is 4.73. The number of aliphatic hydroxyl groups is 1. The van der Waals surface area contributed by atoms with Crippen molar-refractivity contribution in [1.29, 1.82) is 0 Å². The van der Waals surface area contributed by atoms with Crippen LogP contribution in [0.2, 0.25) is 5.02 Å². The first-order valence-electron chi connectivity index (χ1n) is 6.01. The van der Waals surface area contributed by atoms with Gasteiger partial charge in [0, 0.05) is 12.1 Å². The minimum atomic E-state index is -0.496. The van der Waals surface area contributed by atoms with E-state index in [-0.39, 0.29) is 11.6 Å². The lowest BCUT2D eigenvalue weighted by Crippen LogP contribution is -2.10. The number of benzene rings is 1. The van der Waals surface area contributed by atoms with Crippen molar-refractivity contribution >= 4 is 11.6 Å².